The first kappa shape index (κ1) is 19.2. The quantitative estimate of drug-likeness (QED) is 0.829. The first-order valence-electron chi connectivity index (χ1n) is 10.8. The number of piperidine rings is 1. The van der Waals surface area contributed by atoms with Gasteiger partial charge < -0.3 is 19.5 Å². The summed E-state index contributed by atoms with van der Waals surface area (Å²) in [5, 5.41) is 17.3. The molecule has 2 aromatic carbocycles. The van der Waals surface area contributed by atoms with Gasteiger partial charge in [-0.3, -0.25) is 0 Å². The molecule has 0 saturated carbocycles. The molecule has 1 N–H and O–H groups in total. The summed E-state index contributed by atoms with van der Waals surface area (Å²) in [7, 11) is 1.57. The lowest BCUT2D eigenvalue weighted by atomic mass is 9.90. The number of ether oxygens (including phenoxy) is 2. The molecule has 1 spiro atoms. The number of likely N-dealkylation sites (tertiary alicyclic amines) is 1. The van der Waals surface area contributed by atoms with E-state index in [4.69, 9.17) is 14.6 Å². The largest absolute Gasteiger partial charge is 0.504 e. The fourth-order valence-electron chi connectivity index (χ4n) is 4.98. The van der Waals surface area contributed by atoms with E-state index in [-0.39, 0.29) is 11.8 Å². The van der Waals surface area contributed by atoms with Crippen molar-refractivity contribution in [3.05, 3.63) is 53.6 Å². The van der Waals surface area contributed by atoms with Crippen molar-refractivity contribution in [1.29, 1.82) is 0 Å². The minimum Gasteiger partial charge on any atom is -0.504 e. The van der Waals surface area contributed by atoms with E-state index in [2.05, 4.69) is 42.0 Å². The van der Waals surface area contributed by atoms with Crippen LogP contribution in [-0.4, -0.2) is 52.7 Å². The van der Waals surface area contributed by atoms with Crippen LogP contribution in [0.4, 0.5) is 0 Å². The smallest absolute Gasteiger partial charge is 0.200 e. The van der Waals surface area contributed by atoms with Crippen molar-refractivity contribution in [3.8, 4) is 17.2 Å². The van der Waals surface area contributed by atoms with Gasteiger partial charge in [-0.1, -0.05) is 18.2 Å². The minimum atomic E-state index is -0.410. The molecule has 0 amide bonds. The molecule has 2 aromatic rings. The maximum Gasteiger partial charge on any atom is 0.200 e. The Morgan fingerprint density at radius 2 is 1.93 bits per heavy atom. The SMILES string of the molecule is COc1cc(C2=NN3[C@@H](C2)c2ccccc2OC32CCN(C(C)C)CC2)ccc1O. The van der Waals surface area contributed by atoms with Gasteiger partial charge in [0.05, 0.1) is 18.9 Å². The molecule has 1 atom stereocenters. The van der Waals surface area contributed by atoms with Gasteiger partial charge in [0.2, 0.25) is 5.72 Å². The zero-order valence-corrected chi connectivity index (χ0v) is 17.8. The molecule has 1 saturated heterocycles. The number of benzene rings is 2. The minimum absolute atomic E-state index is 0.142. The van der Waals surface area contributed by atoms with Gasteiger partial charge in [0.1, 0.15) is 5.75 Å². The molecule has 5 rings (SSSR count). The van der Waals surface area contributed by atoms with Crippen LogP contribution in [0.5, 0.6) is 17.2 Å². The van der Waals surface area contributed by atoms with Crippen LogP contribution in [-0.2, 0) is 0 Å². The molecule has 158 valence electrons. The van der Waals surface area contributed by atoms with E-state index in [1.807, 2.05) is 18.2 Å². The van der Waals surface area contributed by atoms with Crippen LogP contribution in [0, 0.1) is 0 Å². The van der Waals surface area contributed by atoms with E-state index >= 15 is 0 Å². The molecule has 3 heterocycles. The first-order valence-corrected chi connectivity index (χ1v) is 10.8. The average molecular weight is 408 g/mol. The third-order valence-electron chi connectivity index (χ3n) is 6.73. The number of rotatable bonds is 3. The standard InChI is InChI=1S/C24H29N3O3/c1-16(2)26-12-10-24(11-13-26)27-20(18-6-4-5-7-22(18)30-24)15-19(25-27)17-8-9-21(28)23(14-17)29-3/h4-9,14,16,20,28H,10-13,15H2,1-3H3/t20-/m0/s1. The summed E-state index contributed by atoms with van der Waals surface area (Å²) < 4.78 is 12.0. The second-order valence-electron chi connectivity index (χ2n) is 8.71. The second-order valence-corrected chi connectivity index (χ2v) is 8.71. The van der Waals surface area contributed by atoms with E-state index in [9.17, 15) is 5.11 Å². The zero-order valence-electron chi connectivity index (χ0n) is 17.8. The van der Waals surface area contributed by atoms with Crippen molar-refractivity contribution in [2.45, 2.75) is 50.9 Å². The number of hydrogen-bond donors (Lipinski definition) is 1. The summed E-state index contributed by atoms with van der Waals surface area (Å²) in [5.41, 5.74) is 2.77. The molecule has 3 aliphatic heterocycles. The molecule has 0 unspecified atom stereocenters. The number of aromatic hydroxyl groups is 1. The number of methoxy groups -OCH3 is 1. The van der Waals surface area contributed by atoms with Crippen LogP contribution >= 0.6 is 0 Å². The highest BCUT2D eigenvalue weighted by Crippen LogP contribution is 2.50. The molecule has 0 aromatic heterocycles. The van der Waals surface area contributed by atoms with Crippen LogP contribution < -0.4 is 9.47 Å². The Labute approximate surface area is 177 Å². The number of fused-ring (bicyclic) bond motifs is 4. The van der Waals surface area contributed by atoms with Gasteiger partial charge in [0.25, 0.3) is 0 Å². The molecule has 1 fully saturated rings. The summed E-state index contributed by atoms with van der Waals surface area (Å²) in [6, 6.07) is 14.5. The van der Waals surface area contributed by atoms with E-state index in [1.165, 1.54) is 5.56 Å². The lowest BCUT2D eigenvalue weighted by molar-refractivity contribution is -0.152. The molecule has 0 aliphatic carbocycles. The van der Waals surface area contributed by atoms with E-state index in [0.717, 1.165) is 49.4 Å². The maximum absolute atomic E-state index is 9.98. The molecule has 3 aliphatic rings. The number of nitrogens with zero attached hydrogens (tertiary/aromatic N) is 3. The van der Waals surface area contributed by atoms with Crippen molar-refractivity contribution in [2.75, 3.05) is 20.2 Å². The highest BCUT2D eigenvalue weighted by atomic mass is 16.5. The van der Waals surface area contributed by atoms with Crippen LogP contribution in [0.3, 0.4) is 0 Å². The van der Waals surface area contributed by atoms with Crippen molar-refractivity contribution >= 4 is 5.71 Å². The third-order valence-corrected chi connectivity index (χ3v) is 6.73. The van der Waals surface area contributed by atoms with E-state index in [1.54, 1.807) is 13.2 Å². The summed E-state index contributed by atoms with van der Waals surface area (Å²) in [5.74, 6) is 1.59. The van der Waals surface area contributed by atoms with Crippen LogP contribution in [0.15, 0.2) is 47.6 Å². The Bertz CT molecular complexity index is 979. The summed E-state index contributed by atoms with van der Waals surface area (Å²) in [6.45, 7) is 6.51. The van der Waals surface area contributed by atoms with E-state index in [0.29, 0.717) is 11.8 Å². The fraction of sp³-hybridized carbons (Fsp3) is 0.458. The predicted molar refractivity (Wildman–Crippen MR) is 116 cm³/mol. The van der Waals surface area contributed by atoms with Crippen LogP contribution in [0.2, 0.25) is 0 Å². The number of para-hydroxylation sites is 1. The highest BCUT2D eigenvalue weighted by molar-refractivity contribution is 6.02. The zero-order chi connectivity index (χ0) is 20.9. The number of hydrazone groups is 1. The van der Waals surface area contributed by atoms with Crippen LogP contribution in [0.1, 0.15) is 50.3 Å². The fourth-order valence-corrected chi connectivity index (χ4v) is 4.98. The second kappa shape index (κ2) is 7.20. The molecular weight excluding hydrogens is 378 g/mol. The Morgan fingerprint density at radius 3 is 2.67 bits per heavy atom. The van der Waals surface area contributed by atoms with Crippen LogP contribution in [0.25, 0.3) is 0 Å². The molecule has 6 nitrogen and oxygen atoms in total. The third kappa shape index (κ3) is 3.01. The van der Waals surface area contributed by atoms with Gasteiger partial charge in [0.15, 0.2) is 11.5 Å². The Kier molecular flexibility index (Phi) is 4.62. The van der Waals surface area contributed by atoms with Crippen molar-refractivity contribution in [1.82, 2.24) is 9.91 Å². The molecule has 0 radical (unpaired) electrons. The lowest BCUT2D eigenvalue weighted by Crippen LogP contribution is -2.59. The maximum atomic E-state index is 9.98. The lowest BCUT2D eigenvalue weighted by Gasteiger charge is -2.51. The normalized spacial score (nSPS) is 22.5. The summed E-state index contributed by atoms with van der Waals surface area (Å²) in [6.07, 6.45) is 2.65. The highest BCUT2D eigenvalue weighted by Gasteiger charge is 2.51. The van der Waals surface area contributed by atoms with Gasteiger partial charge >= 0.3 is 0 Å². The van der Waals surface area contributed by atoms with Gasteiger partial charge in [-0.05, 0) is 38.1 Å². The number of phenols is 1. The number of hydrogen-bond acceptors (Lipinski definition) is 6. The van der Waals surface area contributed by atoms with Crippen molar-refractivity contribution in [2.24, 2.45) is 5.10 Å². The topological polar surface area (TPSA) is 57.5 Å². The van der Waals surface area contributed by atoms with E-state index < -0.39 is 5.72 Å². The summed E-state index contributed by atoms with van der Waals surface area (Å²) in [4.78, 5) is 2.51. The molecule has 6 heteroatoms. The summed E-state index contributed by atoms with van der Waals surface area (Å²) >= 11 is 0. The monoisotopic (exact) mass is 407 g/mol. The van der Waals surface area contributed by atoms with Gasteiger partial charge in [-0.15, -0.1) is 0 Å². The first-order chi connectivity index (χ1) is 14.5. The molecule has 0 bridgehead atoms. The number of phenolic OH excluding ortho intramolecular Hbond substituents is 1. The molecule has 30 heavy (non-hydrogen) atoms. The van der Waals surface area contributed by atoms with Crippen molar-refractivity contribution in [3.63, 3.8) is 0 Å². The van der Waals surface area contributed by atoms with Crippen molar-refractivity contribution < 1.29 is 14.6 Å². The molecular formula is C24H29N3O3. The van der Waals surface area contributed by atoms with Gasteiger partial charge in [-0.25, -0.2) is 5.01 Å². The van der Waals surface area contributed by atoms with Gasteiger partial charge in [0, 0.05) is 49.5 Å². The Morgan fingerprint density at radius 1 is 1.17 bits per heavy atom. The average Bonchev–Trinajstić information content (AvgIpc) is 3.21. The predicted octanol–water partition coefficient (Wildman–Crippen LogP) is 4.14. The Balaban J connectivity index is 1.53. The Hall–Kier alpha value is -2.73. The van der Waals surface area contributed by atoms with Gasteiger partial charge in [-0.2, -0.15) is 5.10 Å².